The molecule has 4 heteroatoms. The van der Waals surface area contributed by atoms with E-state index in [1.165, 1.54) is 5.56 Å². The van der Waals surface area contributed by atoms with Crippen LogP contribution in [0.25, 0.3) is 0 Å². The minimum Gasteiger partial charge on any atom is -0.457 e. The second-order valence-electron chi connectivity index (χ2n) is 7.93. The predicted octanol–water partition coefficient (Wildman–Crippen LogP) is 7.16. The normalized spacial score (nSPS) is 13.9. The van der Waals surface area contributed by atoms with E-state index in [4.69, 9.17) is 13.7 Å². The Hall–Kier alpha value is -2.25. The van der Waals surface area contributed by atoms with Crippen LogP contribution in [0.3, 0.4) is 0 Å². The van der Waals surface area contributed by atoms with Gasteiger partial charge in [-0.05, 0) is 56.7 Å². The predicted molar refractivity (Wildman–Crippen MR) is 115 cm³/mol. The highest BCUT2D eigenvalue weighted by Crippen LogP contribution is 2.62. The molecule has 2 aromatic carbocycles. The van der Waals surface area contributed by atoms with Gasteiger partial charge >= 0.3 is 0 Å². The first-order chi connectivity index (χ1) is 12.7. The lowest BCUT2D eigenvalue weighted by Gasteiger charge is -2.35. The molecular formula is C23H28NO2P. The first-order valence-electron chi connectivity index (χ1n) is 9.23. The van der Waals surface area contributed by atoms with Crippen LogP contribution in [0.1, 0.15) is 37.7 Å². The van der Waals surface area contributed by atoms with Crippen LogP contribution in [-0.2, 0) is 0 Å². The van der Waals surface area contributed by atoms with Gasteiger partial charge in [0.1, 0.15) is 11.5 Å². The Morgan fingerprint density at radius 3 is 2.15 bits per heavy atom. The lowest BCUT2D eigenvalue weighted by molar-refractivity contribution is 0.527. The molecule has 3 aromatic rings. The first-order valence-corrected chi connectivity index (χ1v) is 10.9. The zero-order valence-corrected chi connectivity index (χ0v) is 17.9. The fraction of sp³-hybridized carbons (Fsp3) is 0.304. The van der Waals surface area contributed by atoms with Crippen molar-refractivity contribution >= 4 is 18.5 Å². The van der Waals surface area contributed by atoms with Gasteiger partial charge in [-0.1, -0.05) is 56.7 Å². The molecule has 0 aliphatic rings. The smallest absolute Gasteiger partial charge is 0.207 e. The van der Waals surface area contributed by atoms with Gasteiger partial charge in [-0.25, -0.2) is 4.74 Å². The lowest BCUT2D eigenvalue weighted by Crippen LogP contribution is -2.26. The van der Waals surface area contributed by atoms with Gasteiger partial charge in [0, 0.05) is 5.16 Å². The lowest BCUT2D eigenvalue weighted by atomic mass is 10.1. The third-order valence-corrected chi connectivity index (χ3v) is 8.14. The summed E-state index contributed by atoms with van der Waals surface area (Å²) in [5.41, 5.74) is 4.14. The third-order valence-electron chi connectivity index (χ3n) is 4.52. The molecule has 0 saturated carbocycles. The van der Waals surface area contributed by atoms with Crippen molar-refractivity contribution in [1.29, 1.82) is 0 Å². The van der Waals surface area contributed by atoms with Crippen molar-refractivity contribution in [3.63, 3.8) is 0 Å². The van der Waals surface area contributed by atoms with Gasteiger partial charge < -0.3 is 8.94 Å². The van der Waals surface area contributed by atoms with Crippen LogP contribution < -0.4 is 10.0 Å². The van der Waals surface area contributed by atoms with Crippen molar-refractivity contribution in [3.8, 4) is 5.75 Å². The van der Waals surface area contributed by atoms with E-state index in [1.54, 1.807) is 0 Å². The molecular weight excluding hydrogens is 353 g/mol. The van der Waals surface area contributed by atoms with Crippen LogP contribution in [0.2, 0.25) is 0 Å². The van der Waals surface area contributed by atoms with Gasteiger partial charge in [-0.3, -0.25) is 0 Å². The molecule has 0 spiro atoms. The van der Waals surface area contributed by atoms with E-state index in [0.717, 1.165) is 28.3 Å². The summed E-state index contributed by atoms with van der Waals surface area (Å²) in [6, 6.07) is 20.3. The number of nitrogens with zero attached hydrogens (tertiary/aromatic N) is 1. The number of para-hydroxylation sites is 1. The van der Waals surface area contributed by atoms with Crippen molar-refractivity contribution < 1.29 is 8.94 Å². The Balaban J connectivity index is 2.31. The van der Waals surface area contributed by atoms with E-state index in [1.807, 2.05) is 49.4 Å². The van der Waals surface area contributed by atoms with Gasteiger partial charge in [0.15, 0.2) is 5.50 Å². The van der Waals surface area contributed by atoms with Crippen molar-refractivity contribution in [1.82, 2.24) is 0 Å². The Morgan fingerprint density at radius 1 is 0.889 bits per heavy atom. The van der Waals surface area contributed by atoms with Crippen molar-refractivity contribution in [2.75, 3.05) is 0 Å². The van der Waals surface area contributed by atoms with Crippen LogP contribution in [-0.4, -0.2) is 5.16 Å². The van der Waals surface area contributed by atoms with E-state index in [0.29, 0.717) is 0 Å². The zero-order chi connectivity index (χ0) is 19.7. The van der Waals surface area contributed by atoms with E-state index < -0.39 is 7.28 Å². The maximum absolute atomic E-state index is 6.71. The molecule has 1 heterocycles. The van der Waals surface area contributed by atoms with Gasteiger partial charge in [0.05, 0.1) is 5.69 Å². The topological polar surface area (TPSA) is 34.7 Å². The largest absolute Gasteiger partial charge is 0.457 e. The van der Waals surface area contributed by atoms with Crippen LogP contribution in [0.4, 0.5) is 5.69 Å². The minimum atomic E-state index is -2.54. The molecule has 1 aromatic heterocycles. The standard InChI is InChI=1S/C23H28NO2P/c1-17-12-14-21(18(2)16-17)24-27(23(4,5)6,22-15-13-19(3)25-22)26-20-10-8-7-9-11-20/h7-16H,1-6H3/t27-/m1/s1. The Labute approximate surface area is 162 Å². The second-order valence-corrected chi connectivity index (χ2v) is 11.2. The molecule has 0 aliphatic carbocycles. The number of rotatable bonds is 4. The second kappa shape index (κ2) is 7.40. The van der Waals surface area contributed by atoms with Crippen molar-refractivity contribution in [3.05, 3.63) is 77.6 Å². The zero-order valence-electron chi connectivity index (χ0n) is 17.0. The maximum Gasteiger partial charge on any atom is 0.207 e. The summed E-state index contributed by atoms with van der Waals surface area (Å²) in [4.78, 5) is 0. The summed E-state index contributed by atoms with van der Waals surface area (Å²) in [7, 11) is -2.54. The van der Waals surface area contributed by atoms with Gasteiger partial charge in [0.25, 0.3) is 0 Å². The van der Waals surface area contributed by atoms with Gasteiger partial charge in [0.2, 0.25) is 7.28 Å². The molecule has 0 N–H and O–H groups in total. The fourth-order valence-electron chi connectivity index (χ4n) is 3.02. The molecule has 0 amide bonds. The number of furan rings is 1. The molecule has 0 unspecified atom stereocenters. The highest BCUT2D eigenvalue weighted by atomic mass is 31.2. The van der Waals surface area contributed by atoms with E-state index >= 15 is 0 Å². The van der Waals surface area contributed by atoms with Crippen molar-refractivity contribution in [2.45, 2.75) is 46.7 Å². The molecule has 3 nitrogen and oxygen atoms in total. The summed E-state index contributed by atoms with van der Waals surface area (Å²) < 4.78 is 18.1. The molecule has 3 rings (SSSR count). The summed E-state index contributed by atoms with van der Waals surface area (Å²) >= 11 is 0. The molecule has 142 valence electrons. The highest BCUT2D eigenvalue weighted by molar-refractivity contribution is 7.70. The number of aryl methyl sites for hydroxylation is 3. The SMILES string of the molecule is Cc1ccc(N=[P@@](Oc2ccccc2)(c2ccc(C)o2)C(C)(C)C)c(C)c1. The molecule has 0 fully saturated rings. The Bertz CT molecular complexity index is 981. The summed E-state index contributed by atoms with van der Waals surface area (Å²) in [6.07, 6.45) is 0. The van der Waals surface area contributed by atoms with Crippen LogP contribution in [0.15, 0.2) is 69.8 Å². The highest BCUT2D eigenvalue weighted by Gasteiger charge is 2.41. The number of hydrogen-bond donors (Lipinski definition) is 0. The summed E-state index contributed by atoms with van der Waals surface area (Å²) in [5, 5.41) is -0.246. The number of benzene rings is 2. The van der Waals surface area contributed by atoms with Crippen molar-refractivity contribution in [2.24, 2.45) is 4.74 Å². The van der Waals surface area contributed by atoms with Gasteiger partial charge in [-0.15, -0.1) is 0 Å². The maximum atomic E-state index is 6.71. The number of hydrogen-bond acceptors (Lipinski definition) is 3. The van der Waals surface area contributed by atoms with Crippen LogP contribution in [0, 0.1) is 20.8 Å². The minimum absolute atomic E-state index is 0.246. The molecule has 1 atom stereocenters. The molecule has 0 radical (unpaired) electrons. The molecule has 0 aliphatic heterocycles. The quantitative estimate of drug-likeness (QED) is 0.450. The molecule has 27 heavy (non-hydrogen) atoms. The first kappa shape index (κ1) is 19.5. The average Bonchev–Trinajstić information content (AvgIpc) is 3.03. The summed E-state index contributed by atoms with van der Waals surface area (Å²) in [6.45, 7) is 12.7. The van der Waals surface area contributed by atoms with Crippen LogP contribution in [0.5, 0.6) is 5.75 Å². The Morgan fingerprint density at radius 2 is 1.59 bits per heavy atom. The average molecular weight is 381 g/mol. The fourth-order valence-corrected chi connectivity index (χ4v) is 5.98. The van der Waals surface area contributed by atoms with Crippen LogP contribution >= 0.6 is 7.28 Å². The molecule has 0 saturated heterocycles. The van der Waals surface area contributed by atoms with E-state index in [9.17, 15) is 0 Å². The third kappa shape index (κ3) is 4.04. The summed E-state index contributed by atoms with van der Waals surface area (Å²) in [5.74, 6) is 1.68. The Kier molecular flexibility index (Phi) is 5.35. The molecule has 0 bridgehead atoms. The monoisotopic (exact) mass is 381 g/mol. The van der Waals surface area contributed by atoms with Gasteiger partial charge in [-0.2, -0.15) is 0 Å². The van der Waals surface area contributed by atoms with E-state index in [-0.39, 0.29) is 5.16 Å². The van der Waals surface area contributed by atoms with E-state index in [2.05, 4.69) is 52.8 Å².